The first kappa shape index (κ1) is 17.0. The van der Waals surface area contributed by atoms with Crippen LogP contribution in [0.25, 0.3) is 11.1 Å². The van der Waals surface area contributed by atoms with Crippen molar-refractivity contribution in [2.45, 2.75) is 38.1 Å². The lowest BCUT2D eigenvalue weighted by Crippen LogP contribution is -2.48. The average molecular weight is 337 g/mol. The summed E-state index contributed by atoms with van der Waals surface area (Å²) < 4.78 is 0. The molecule has 1 fully saturated rings. The van der Waals surface area contributed by atoms with Gasteiger partial charge in [0.1, 0.15) is 6.09 Å². The summed E-state index contributed by atoms with van der Waals surface area (Å²) in [5.41, 5.74) is 8.03. The first-order valence-electron chi connectivity index (χ1n) is 8.57. The van der Waals surface area contributed by atoms with Gasteiger partial charge in [-0.25, -0.2) is 0 Å². The van der Waals surface area contributed by atoms with E-state index in [9.17, 15) is 14.7 Å². The van der Waals surface area contributed by atoms with Crippen LogP contribution < -0.4 is 15.7 Å². The maximum Gasteiger partial charge on any atom is 0.248 e. The highest BCUT2D eigenvalue weighted by molar-refractivity contribution is 5.94. The molecule has 130 valence electrons. The Hall–Kier alpha value is -2.82. The summed E-state index contributed by atoms with van der Waals surface area (Å²) in [6.07, 6.45) is 3.76. The number of carbonyl (C=O) groups is 2. The van der Waals surface area contributed by atoms with Crippen molar-refractivity contribution >= 4 is 17.7 Å². The number of hydrogen-bond acceptors (Lipinski definition) is 3. The van der Waals surface area contributed by atoms with Gasteiger partial charge in [-0.15, -0.1) is 0 Å². The van der Waals surface area contributed by atoms with E-state index in [1.54, 1.807) is 24.3 Å². The number of nitrogens with zero attached hydrogens (tertiary/aromatic N) is 1. The molecule has 0 radical (unpaired) electrons. The highest BCUT2D eigenvalue weighted by atomic mass is 16.4. The molecule has 2 aromatic carbocycles. The Morgan fingerprint density at radius 2 is 1.60 bits per heavy atom. The van der Waals surface area contributed by atoms with E-state index in [1.165, 1.54) is 4.90 Å². The van der Waals surface area contributed by atoms with E-state index in [1.807, 2.05) is 24.3 Å². The average Bonchev–Trinajstić information content (AvgIpc) is 2.63. The molecule has 0 spiro atoms. The van der Waals surface area contributed by atoms with Crippen LogP contribution in [0.2, 0.25) is 0 Å². The summed E-state index contributed by atoms with van der Waals surface area (Å²) in [4.78, 5) is 24.5. The predicted octanol–water partition coefficient (Wildman–Crippen LogP) is 2.93. The van der Waals surface area contributed by atoms with Crippen LogP contribution in [0.3, 0.4) is 0 Å². The molecule has 1 saturated carbocycles. The van der Waals surface area contributed by atoms with Crippen molar-refractivity contribution in [3.63, 3.8) is 0 Å². The van der Waals surface area contributed by atoms with E-state index < -0.39 is 12.0 Å². The largest absolute Gasteiger partial charge is 0.530 e. The van der Waals surface area contributed by atoms with Crippen molar-refractivity contribution in [2.24, 2.45) is 5.73 Å². The maximum atomic E-state index is 11.7. The van der Waals surface area contributed by atoms with Gasteiger partial charge in [0.05, 0.1) is 0 Å². The van der Waals surface area contributed by atoms with Crippen LogP contribution in [0.15, 0.2) is 48.5 Å². The molecule has 0 aromatic heterocycles. The van der Waals surface area contributed by atoms with Gasteiger partial charge in [-0.3, -0.25) is 4.79 Å². The molecule has 2 aromatic rings. The lowest BCUT2D eigenvalue weighted by molar-refractivity contribution is -0.247. The number of primary amides is 1. The normalized spacial score (nSPS) is 14.9. The predicted molar refractivity (Wildman–Crippen MR) is 95.1 cm³/mol. The van der Waals surface area contributed by atoms with Crippen LogP contribution in [-0.2, 0) is 0 Å². The number of carboxylic acid groups (broad SMARTS) is 1. The Morgan fingerprint density at radius 3 is 2.24 bits per heavy atom. The molecule has 5 heteroatoms. The SMILES string of the molecule is NC(=O)c1cccc(-c2cccc(N(C(=O)[O-])C3CCCCC3)c2)c1. The van der Waals surface area contributed by atoms with Gasteiger partial charge in [0, 0.05) is 17.3 Å². The third kappa shape index (κ3) is 3.82. The van der Waals surface area contributed by atoms with Crippen LogP contribution >= 0.6 is 0 Å². The van der Waals surface area contributed by atoms with Gasteiger partial charge in [0.25, 0.3) is 0 Å². The molecule has 2 amide bonds. The standard InChI is InChI=1S/C20H22N2O3/c21-19(23)16-8-4-6-14(12-16)15-7-5-11-18(13-15)22(20(24)25)17-9-2-1-3-10-17/h4-8,11-13,17H,1-3,9-10H2,(H2,21,23)(H,24,25)/p-1. The van der Waals surface area contributed by atoms with Crippen molar-refractivity contribution in [3.8, 4) is 11.1 Å². The molecule has 25 heavy (non-hydrogen) atoms. The minimum atomic E-state index is -1.17. The number of carbonyl (C=O) groups excluding carboxylic acids is 2. The first-order valence-corrected chi connectivity index (χ1v) is 8.57. The van der Waals surface area contributed by atoms with Gasteiger partial charge in [-0.05, 0) is 48.2 Å². The van der Waals surface area contributed by atoms with Gasteiger partial charge < -0.3 is 20.5 Å². The minimum Gasteiger partial charge on any atom is -0.530 e. The second-order valence-electron chi connectivity index (χ2n) is 6.42. The molecule has 0 bridgehead atoms. The zero-order chi connectivity index (χ0) is 17.8. The van der Waals surface area contributed by atoms with Gasteiger partial charge in [0.15, 0.2) is 0 Å². The number of rotatable bonds is 4. The third-order valence-corrected chi connectivity index (χ3v) is 4.74. The summed E-state index contributed by atoms with van der Waals surface area (Å²) >= 11 is 0. The van der Waals surface area contributed by atoms with Crippen molar-refractivity contribution in [1.29, 1.82) is 0 Å². The molecule has 0 heterocycles. The van der Waals surface area contributed by atoms with E-state index in [-0.39, 0.29) is 6.04 Å². The van der Waals surface area contributed by atoms with Crippen LogP contribution in [0.4, 0.5) is 10.5 Å². The Balaban J connectivity index is 1.95. The molecule has 3 rings (SSSR count). The summed E-state index contributed by atoms with van der Waals surface area (Å²) in [6, 6.07) is 14.3. The van der Waals surface area contributed by atoms with Gasteiger partial charge in [0.2, 0.25) is 5.91 Å². The fraction of sp³-hybridized carbons (Fsp3) is 0.300. The van der Waals surface area contributed by atoms with Gasteiger partial charge in [-0.1, -0.05) is 43.5 Å². The third-order valence-electron chi connectivity index (χ3n) is 4.74. The van der Waals surface area contributed by atoms with Crippen molar-refractivity contribution in [2.75, 3.05) is 4.90 Å². The van der Waals surface area contributed by atoms with Crippen LogP contribution in [0.5, 0.6) is 0 Å². The second kappa shape index (κ2) is 7.38. The zero-order valence-electron chi connectivity index (χ0n) is 14.0. The molecule has 0 atom stereocenters. The number of amides is 2. The maximum absolute atomic E-state index is 11.7. The van der Waals surface area contributed by atoms with E-state index in [2.05, 4.69) is 0 Å². The highest BCUT2D eigenvalue weighted by Crippen LogP contribution is 2.30. The Kier molecular flexibility index (Phi) is 5.03. The number of nitrogens with two attached hydrogens (primary N) is 1. The molecular formula is C20H21N2O3-. The zero-order valence-corrected chi connectivity index (χ0v) is 14.0. The first-order chi connectivity index (χ1) is 12.1. The van der Waals surface area contributed by atoms with Crippen LogP contribution in [-0.4, -0.2) is 18.0 Å². The van der Waals surface area contributed by atoms with Crippen LogP contribution in [0.1, 0.15) is 42.5 Å². The summed E-state index contributed by atoms with van der Waals surface area (Å²) in [5.74, 6) is -0.489. The van der Waals surface area contributed by atoms with Crippen molar-refractivity contribution < 1.29 is 14.7 Å². The quantitative estimate of drug-likeness (QED) is 0.930. The molecule has 1 aliphatic rings. The van der Waals surface area contributed by atoms with E-state index >= 15 is 0 Å². The summed E-state index contributed by atoms with van der Waals surface area (Å²) in [6.45, 7) is 0. The molecule has 0 saturated heterocycles. The smallest absolute Gasteiger partial charge is 0.248 e. The molecule has 5 nitrogen and oxygen atoms in total. The minimum absolute atomic E-state index is 0.0362. The Bertz CT molecular complexity index is 782. The fourth-order valence-electron chi connectivity index (χ4n) is 3.49. The highest BCUT2D eigenvalue weighted by Gasteiger charge is 2.22. The molecular weight excluding hydrogens is 316 g/mol. The molecule has 2 N–H and O–H groups in total. The summed E-state index contributed by atoms with van der Waals surface area (Å²) in [5, 5.41) is 11.7. The monoisotopic (exact) mass is 337 g/mol. The van der Waals surface area contributed by atoms with E-state index in [0.717, 1.165) is 43.2 Å². The molecule has 0 aliphatic heterocycles. The van der Waals surface area contributed by atoms with E-state index in [0.29, 0.717) is 11.3 Å². The van der Waals surface area contributed by atoms with Gasteiger partial charge in [-0.2, -0.15) is 0 Å². The second-order valence-corrected chi connectivity index (χ2v) is 6.42. The fourth-order valence-corrected chi connectivity index (χ4v) is 3.49. The lowest BCUT2D eigenvalue weighted by atomic mass is 9.93. The topological polar surface area (TPSA) is 86.5 Å². The van der Waals surface area contributed by atoms with Crippen molar-refractivity contribution in [3.05, 3.63) is 54.1 Å². The molecule has 1 aliphatic carbocycles. The Morgan fingerprint density at radius 1 is 0.960 bits per heavy atom. The number of anilines is 1. The lowest BCUT2D eigenvalue weighted by Gasteiger charge is -2.36. The summed E-state index contributed by atoms with van der Waals surface area (Å²) in [7, 11) is 0. The van der Waals surface area contributed by atoms with E-state index in [4.69, 9.17) is 5.73 Å². The Labute approximate surface area is 147 Å². The number of benzene rings is 2. The number of hydrogen-bond donors (Lipinski definition) is 1. The molecule has 0 unspecified atom stereocenters. The van der Waals surface area contributed by atoms with Gasteiger partial charge >= 0.3 is 0 Å². The van der Waals surface area contributed by atoms with Crippen LogP contribution in [0, 0.1) is 0 Å². The van der Waals surface area contributed by atoms with Crippen molar-refractivity contribution in [1.82, 2.24) is 0 Å².